The molecule has 0 aliphatic carbocycles. The molecule has 0 amide bonds. The van der Waals surface area contributed by atoms with Gasteiger partial charge in [0.05, 0.1) is 11.5 Å². The zero-order chi connectivity index (χ0) is 17.8. The maximum Gasteiger partial charge on any atom is 0.323 e. The number of thiol groups is 1. The van der Waals surface area contributed by atoms with Gasteiger partial charge in [-0.2, -0.15) is 10.9 Å². The first-order chi connectivity index (χ1) is 12.1. The van der Waals surface area contributed by atoms with E-state index in [2.05, 4.69) is 28.0 Å². The van der Waals surface area contributed by atoms with E-state index in [4.69, 9.17) is 9.47 Å². The van der Waals surface area contributed by atoms with Gasteiger partial charge in [0.15, 0.2) is 0 Å². The van der Waals surface area contributed by atoms with Gasteiger partial charge < -0.3 is 19.9 Å². The van der Waals surface area contributed by atoms with Crippen molar-refractivity contribution in [1.82, 2.24) is 10.3 Å². The molecule has 2 aliphatic rings. The van der Waals surface area contributed by atoms with Gasteiger partial charge in [-0.15, -0.1) is 0 Å². The number of nitrogens with one attached hydrogen (secondary N) is 1. The van der Waals surface area contributed by atoms with Crippen LogP contribution >= 0.6 is 10.9 Å². The van der Waals surface area contributed by atoms with Crippen LogP contribution in [0.2, 0.25) is 0 Å². The molecule has 0 radical (unpaired) electrons. The molecule has 3 rings (SSSR count). The normalized spacial score (nSPS) is 30.9. The highest BCUT2D eigenvalue weighted by Crippen LogP contribution is 2.48. The van der Waals surface area contributed by atoms with Crippen LogP contribution in [0.4, 0.5) is 0 Å². The zero-order valence-corrected chi connectivity index (χ0v) is 15.2. The highest BCUT2D eigenvalue weighted by molar-refractivity contribution is 8.22. The maximum atomic E-state index is 11.4. The topological polar surface area (TPSA) is 80.7 Å². The molecule has 1 aromatic rings. The number of hydrogen-bond acceptors (Lipinski definition) is 5. The molecule has 3 heterocycles. The van der Waals surface area contributed by atoms with Gasteiger partial charge >= 0.3 is 5.97 Å². The summed E-state index contributed by atoms with van der Waals surface area (Å²) in [6, 6.07) is 3.18. The first-order valence-corrected chi connectivity index (χ1v) is 9.88. The molecule has 0 aromatic carbocycles. The number of aromatic nitrogens is 1. The molecule has 1 fully saturated rings. The van der Waals surface area contributed by atoms with Gasteiger partial charge in [0.2, 0.25) is 0 Å². The predicted octanol–water partition coefficient (Wildman–Crippen LogP) is 2.39. The Morgan fingerprint density at radius 3 is 2.96 bits per heavy atom. The third-order valence-corrected chi connectivity index (χ3v) is 6.57. The van der Waals surface area contributed by atoms with E-state index in [1.165, 1.54) is 0 Å². The predicted molar refractivity (Wildman–Crippen MR) is 98.2 cm³/mol. The molecule has 1 saturated heterocycles. The van der Waals surface area contributed by atoms with Crippen molar-refractivity contribution >= 4 is 16.9 Å². The molecule has 0 spiro atoms. The summed E-state index contributed by atoms with van der Waals surface area (Å²) >= 11 is 0. The standard InChI is InChI=1S/C18H24N2O4S/c1-12-9-15(24-17(12)16(19-2)18(21)22)25-8-5-14(11-25)23-10-13-3-6-20-7-4-13/h3-8,11-12,15-17,19,25H,9-10H2,1-2H3,(H,21,22)/t12-,15?,16?,17-/m1/s1. The van der Waals surface area contributed by atoms with Gasteiger partial charge in [0.25, 0.3) is 0 Å². The lowest BCUT2D eigenvalue weighted by atomic mass is 9.98. The molecule has 0 bridgehead atoms. The third-order valence-electron chi connectivity index (χ3n) is 4.53. The van der Waals surface area contributed by atoms with Gasteiger partial charge in [-0.05, 0) is 54.0 Å². The highest BCUT2D eigenvalue weighted by atomic mass is 32.2. The van der Waals surface area contributed by atoms with Gasteiger partial charge in [-0.3, -0.25) is 9.78 Å². The van der Waals surface area contributed by atoms with Crippen molar-refractivity contribution in [2.75, 3.05) is 7.05 Å². The minimum Gasteiger partial charge on any atom is -0.488 e. The molecule has 7 heteroatoms. The van der Waals surface area contributed by atoms with Crippen LogP contribution in [-0.2, 0) is 20.9 Å². The zero-order valence-electron chi connectivity index (χ0n) is 14.3. The second kappa shape index (κ2) is 8.03. The Labute approximate surface area is 150 Å². The molecule has 0 saturated carbocycles. The number of carboxylic acids is 1. The van der Waals surface area contributed by atoms with E-state index < -0.39 is 22.9 Å². The lowest BCUT2D eigenvalue weighted by molar-refractivity contribution is -0.143. The van der Waals surface area contributed by atoms with Crippen LogP contribution < -0.4 is 5.32 Å². The number of nitrogens with zero attached hydrogens (tertiary/aromatic N) is 1. The van der Waals surface area contributed by atoms with E-state index in [0.717, 1.165) is 17.7 Å². The van der Waals surface area contributed by atoms with E-state index >= 15 is 0 Å². The summed E-state index contributed by atoms with van der Waals surface area (Å²) in [5.41, 5.74) is 1.12. The van der Waals surface area contributed by atoms with Crippen LogP contribution in [0.3, 0.4) is 0 Å². The lowest BCUT2D eigenvalue weighted by Gasteiger charge is -2.24. The van der Waals surface area contributed by atoms with Crippen LogP contribution in [0.5, 0.6) is 0 Å². The average Bonchev–Trinajstić information content (AvgIpc) is 3.22. The molecule has 136 valence electrons. The quantitative estimate of drug-likeness (QED) is 0.645. The van der Waals surface area contributed by atoms with Crippen LogP contribution in [0.25, 0.3) is 0 Å². The molecule has 2 aliphatic heterocycles. The number of ether oxygens (including phenoxy) is 2. The molecular formula is C18H24N2O4S. The van der Waals surface area contributed by atoms with Gasteiger partial charge in [0.1, 0.15) is 18.4 Å². The van der Waals surface area contributed by atoms with Gasteiger partial charge in [-0.1, -0.05) is 6.92 Å². The van der Waals surface area contributed by atoms with Gasteiger partial charge in [0, 0.05) is 12.4 Å². The first-order valence-electron chi connectivity index (χ1n) is 8.33. The van der Waals surface area contributed by atoms with Crippen molar-refractivity contribution in [2.45, 2.75) is 37.5 Å². The van der Waals surface area contributed by atoms with Crippen LogP contribution in [0.15, 0.2) is 47.2 Å². The summed E-state index contributed by atoms with van der Waals surface area (Å²) < 4.78 is 11.9. The Morgan fingerprint density at radius 1 is 1.52 bits per heavy atom. The highest BCUT2D eigenvalue weighted by Gasteiger charge is 2.41. The number of hydrogen-bond donors (Lipinski definition) is 3. The smallest absolute Gasteiger partial charge is 0.323 e. The van der Waals surface area contributed by atoms with Crippen molar-refractivity contribution in [2.24, 2.45) is 5.92 Å². The molecular weight excluding hydrogens is 340 g/mol. The fourth-order valence-corrected chi connectivity index (χ4v) is 5.23. The van der Waals surface area contributed by atoms with Crippen LogP contribution in [0, 0.1) is 5.92 Å². The second-order valence-electron chi connectivity index (χ2n) is 6.31. The summed E-state index contributed by atoms with van der Waals surface area (Å²) in [4.78, 5) is 15.4. The van der Waals surface area contributed by atoms with E-state index in [1.807, 2.05) is 18.2 Å². The number of pyridine rings is 1. The fraction of sp³-hybridized carbons (Fsp3) is 0.444. The van der Waals surface area contributed by atoms with Crippen molar-refractivity contribution in [3.8, 4) is 0 Å². The van der Waals surface area contributed by atoms with E-state index in [-0.39, 0.29) is 17.5 Å². The third kappa shape index (κ3) is 4.23. The summed E-state index contributed by atoms with van der Waals surface area (Å²) in [6.45, 7) is 2.56. The number of aliphatic carboxylic acids is 1. The number of rotatable bonds is 7. The van der Waals surface area contributed by atoms with Crippen molar-refractivity contribution in [1.29, 1.82) is 0 Å². The van der Waals surface area contributed by atoms with Crippen molar-refractivity contribution < 1.29 is 19.4 Å². The molecule has 2 N–H and O–H groups in total. The Bertz CT molecular complexity index is 664. The molecule has 1 aromatic heterocycles. The number of carbonyl (C=O) groups is 1. The summed E-state index contributed by atoms with van der Waals surface area (Å²) in [5, 5.41) is 16.4. The summed E-state index contributed by atoms with van der Waals surface area (Å²) in [5.74, 6) is 0.183. The Balaban J connectivity index is 1.57. The Hall–Kier alpha value is -1.83. The van der Waals surface area contributed by atoms with Gasteiger partial charge in [-0.25, -0.2) is 0 Å². The minimum absolute atomic E-state index is 0.0449. The van der Waals surface area contributed by atoms with E-state index in [0.29, 0.717) is 6.61 Å². The average molecular weight is 364 g/mol. The number of likely N-dealkylation sites (N-methyl/N-ethyl adjacent to an activating group) is 1. The van der Waals surface area contributed by atoms with Crippen molar-refractivity contribution in [3.05, 3.63) is 52.7 Å². The van der Waals surface area contributed by atoms with E-state index in [9.17, 15) is 9.90 Å². The lowest BCUT2D eigenvalue weighted by Crippen LogP contribution is -2.46. The monoisotopic (exact) mass is 364 g/mol. The van der Waals surface area contributed by atoms with Crippen LogP contribution in [-0.4, -0.2) is 40.7 Å². The first kappa shape index (κ1) is 18.0. The molecule has 3 unspecified atom stereocenters. The fourth-order valence-electron chi connectivity index (χ4n) is 3.15. The Morgan fingerprint density at radius 2 is 2.28 bits per heavy atom. The SMILES string of the molecule is CNC(C(=O)O)[C@@H]1OC([SH]2C=CC(OCc3ccncc3)=C2)C[C@H]1C. The molecule has 5 atom stereocenters. The number of carboxylic acid groups (broad SMARTS) is 1. The maximum absolute atomic E-state index is 11.4. The van der Waals surface area contributed by atoms with E-state index in [1.54, 1.807) is 19.4 Å². The largest absolute Gasteiger partial charge is 0.488 e. The summed E-state index contributed by atoms with van der Waals surface area (Å²) in [6.07, 6.45) is 6.04. The molecule has 25 heavy (non-hydrogen) atoms. The second-order valence-corrected chi connectivity index (χ2v) is 8.34. The van der Waals surface area contributed by atoms with Crippen molar-refractivity contribution in [3.63, 3.8) is 0 Å². The summed E-state index contributed by atoms with van der Waals surface area (Å²) in [7, 11) is 1.07. The number of allylic oxidation sites excluding steroid dienone is 1. The van der Waals surface area contributed by atoms with Crippen LogP contribution in [0.1, 0.15) is 18.9 Å². The molecule has 6 nitrogen and oxygen atoms in total. The Kier molecular flexibility index (Phi) is 5.78. The minimum atomic E-state index is -0.869.